The molecule has 208 valence electrons. The summed E-state index contributed by atoms with van der Waals surface area (Å²) in [7, 11) is 2.67. The van der Waals surface area contributed by atoms with Crippen LogP contribution in [0.4, 0.5) is 0 Å². The third-order valence-electron chi connectivity index (χ3n) is 11.3. The van der Waals surface area contributed by atoms with Gasteiger partial charge in [0, 0.05) is 35.2 Å². The zero-order chi connectivity index (χ0) is 28.4. The standard InChI is InChI=1S/C29H38O9/c1-13-21(32)29(24(34)36-9)26(6)12-16-19-25(4,5)17(37-15(3)30)10-11-28(19,23(33)38-16)20(26)18(31)14(2)27(29,7)22(13)35-8/h16-20,31H,2,10-12H2,1,3-9H3/t16-,17-,18-,19+,20-,26-,27-,28-,29+/m0/s1. The molecule has 3 saturated carbocycles. The number of allylic oxidation sites excluding steroid dienone is 2. The van der Waals surface area contributed by atoms with E-state index >= 15 is 0 Å². The van der Waals surface area contributed by atoms with Gasteiger partial charge in [-0.15, -0.1) is 0 Å². The largest absolute Gasteiger partial charge is 0.500 e. The molecule has 0 unspecified atom stereocenters. The van der Waals surface area contributed by atoms with Crippen molar-refractivity contribution in [2.45, 2.75) is 79.1 Å². The van der Waals surface area contributed by atoms with Crippen molar-refractivity contribution in [3.8, 4) is 0 Å². The average molecular weight is 531 g/mol. The lowest BCUT2D eigenvalue weighted by molar-refractivity contribution is -0.245. The molecular weight excluding hydrogens is 492 g/mol. The number of esters is 3. The number of hydrogen-bond donors (Lipinski definition) is 1. The molecule has 0 radical (unpaired) electrons. The molecule has 9 atom stereocenters. The average Bonchev–Trinajstić information content (AvgIpc) is 3.17. The van der Waals surface area contributed by atoms with Crippen molar-refractivity contribution in [2.24, 2.45) is 38.9 Å². The third-order valence-corrected chi connectivity index (χ3v) is 11.3. The van der Waals surface area contributed by atoms with Crippen molar-refractivity contribution in [1.82, 2.24) is 0 Å². The Bertz CT molecular complexity index is 1210. The summed E-state index contributed by atoms with van der Waals surface area (Å²) in [6.07, 6.45) is -1.60. The van der Waals surface area contributed by atoms with Gasteiger partial charge in [-0.1, -0.05) is 27.4 Å². The van der Waals surface area contributed by atoms with Crippen LogP contribution < -0.4 is 0 Å². The van der Waals surface area contributed by atoms with Crippen LogP contribution in [0.5, 0.6) is 0 Å². The summed E-state index contributed by atoms with van der Waals surface area (Å²) < 4.78 is 22.9. The minimum Gasteiger partial charge on any atom is -0.500 e. The number of ketones is 1. The molecule has 38 heavy (non-hydrogen) atoms. The number of fused-ring (bicyclic) bond motifs is 3. The second kappa shape index (κ2) is 7.71. The molecule has 4 fully saturated rings. The molecule has 0 amide bonds. The van der Waals surface area contributed by atoms with E-state index < -0.39 is 80.9 Å². The van der Waals surface area contributed by atoms with Crippen LogP contribution in [-0.4, -0.2) is 61.3 Å². The Morgan fingerprint density at radius 2 is 1.74 bits per heavy atom. The van der Waals surface area contributed by atoms with E-state index in [1.165, 1.54) is 21.1 Å². The number of rotatable bonds is 3. The van der Waals surface area contributed by atoms with Crippen LogP contribution in [0.1, 0.15) is 60.8 Å². The minimum atomic E-state index is -1.83. The zero-order valence-corrected chi connectivity index (χ0v) is 23.4. The third kappa shape index (κ3) is 2.49. The van der Waals surface area contributed by atoms with E-state index in [9.17, 15) is 24.3 Å². The van der Waals surface area contributed by atoms with Crippen LogP contribution in [0, 0.1) is 38.9 Å². The van der Waals surface area contributed by atoms with Gasteiger partial charge in [0.05, 0.1) is 31.2 Å². The van der Waals surface area contributed by atoms with Crippen molar-refractivity contribution in [1.29, 1.82) is 0 Å². The van der Waals surface area contributed by atoms with Crippen LogP contribution in [0.25, 0.3) is 0 Å². The molecule has 0 aromatic carbocycles. The Hall–Kier alpha value is -2.68. The Morgan fingerprint density at radius 3 is 2.29 bits per heavy atom. The number of methoxy groups -OCH3 is 2. The molecule has 9 nitrogen and oxygen atoms in total. The quantitative estimate of drug-likeness (QED) is 0.254. The molecule has 9 heteroatoms. The lowest BCUT2D eigenvalue weighted by atomic mass is 9.31. The molecule has 1 saturated heterocycles. The Kier molecular flexibility index (Phi) is 5.46. The summed E-state index contributed by atoms with van der Waals surface area (Å²) in [6, 6.07) is 0. The van der Waals surface area contributed by atoms with Gasteiger partial charge in [-0.2, -0.15) is 0 Å². The maximum atomic E-state index is 14.4. The Morgan fingerprint density at radius 1 is 1.11 bits per heavy atom. The molecule has 0 aromatic heterocycles. The fourth-order valence-corrected chi connectivity index (χ4v) is 10.2. The van der Waals surface area contributed by atoms with Gasteiger partial charge in [0.25, 0.3) is 0 Å². The fraction of sp³-hybridized carbons (Fsp3) is 0.724. The highest BCUT2D eigenvalue weighted by atomic mass is 16.6. The number of ether oxygens (including phenoxy) is 4. The molecule has 2 bridgehead atoms. The van der Waals surface area contributed by atoms with Gasteiger partial charge in [0.2, 0.25) is 0 Å². The van der Waals surface area contributed by atoms with Crippen molar-refractivity contribution in [2.75, 3.05) is 14.2 Å². The van der Waals surface area contributed by atoms with Crippen LogP contribution in [-0.2, 0) is 38.1 Å². The van der Waals surface area contributed by atoms with Crippen LogP contribution >= 0.6 is 0 Å². The summed E-state index contributed by atoms with van der Waals surface area (Å²) in [6.45, 7) is 14.6. The zero-order valence-electron chi connectivity index (χ0n) is 23.4. The van der Waals surface area contributed by atoms with Gasteiger partial charge >= 0.3 is 17.9 Å². The van der Waals surface area contributed by atoms with Crippen molar-refractivity contribution >= 4 is 23.7 Å². The number of carbonyl (C=O) groups is 4. The van der Waals surface area contributed by atoms with E-state index in [0.717, 1.165) is 0 Å². The van der Waals surface area contributed by atoms with Crippen molar-refractivity contribution < 1.29 is 43.2 Å². The monoisotopic (exact) mass is 530 g/mol. The van der Waals surface area contributed by atoms with E-state index in [4.69, 9.17) is 18.9 Å². The first-order valence-corrected chi connectivity index (χ1v) is 13.2. The summed E-state index contributed by atoms with van der Waals surface area (Å²) >= 11 is 0. The molecule has 4 aliphatic carbocycles. The highest BCUT2D eigenvalue weighted by Gasteiger charge is 2.87. The van der Waals surface area contributed by atoms with Crippen LogP contribution in [0.3, 0.4) is 0 Å². The van der Waals surface area contributed by atoms with Gasteiger partial charge in [0.15, 0.2) is 11.2 Å². The minimum absolute atomic E-state index is 0.136. The Balaban J connectivity index is 1.80. The molecule has 1 N–H and O–H groups in total. The first-order valence-electron chi connectivity index (χ1n) is 13.2. The highest BCUT2D eigenvalue weighted by molar-refractivity contribution is 6.17. The fourth-order valence-electron chi connectivity index (χ4n) is 10.2. The van der Waals surface area contributed by atoms with Gasteiger partial charge in [0.1, 0.15) is 18.0 Å². The summed E-state index contributed by atoms with van der Waals surface area (Å²) in [5.74, 6) is -3.08. The molecule has 0 spiro atoms. The molecular formula is C29H38O9. The molecule has 1 heterocycles. The Labute approximate surface area is 222 Å². The maximum Gasteiger partial charge on any atom is 0.321 e. The predicted molar refractivity (Wildman–Crippen MR) is 133 cm³/mol. The number of aliphatic hydroxyl groups is 1. The predicted octanol–water partition coefficient (Wildman–Crippen LogP) is 2.89. The van der Waals surface area contributed by atoms with Gasteiger partial charge in [-0.05, 0) is 38.7 Å². The van der Waals surface area contributed by atoms with Crippen molar-refractivity contribution in [3.63, 3.8) is 0 Å². The van der Waals surface area contributed by atoms with E-state index in [1.807, 2.05) is 20.8 Å². The SMILES string of the molecule is C=C1[C@H](O)[C@@H]2[C@]34CC[C@H](OC(C)=O)C(C)(C)[C@H]3[C@H](C[C@]2(C)[C@]2(C(=O)OC)C(=O)C(C)=C(OC)[C@]12C)OC4=O. The second-order valence-corrected chi connectivity index (χ2v) is 12.8. The summed E-state index contributed by atoms with van der Waals surface area (Å²) in [5.41, 5.74) is -5.90. The van der Waals surface area contributed by atoms with E-state index in [1.54, 1.807) is 13.8 Å². The van der Waals surface area contributed by atoms with Gasteiger partial charge in [-0.3, -0.25) is 19.2 Å². The molecule has 5 aliphatic rings. The van der Waals surface area contributed by atoms with E-state index in [0.29, 0.717) is 6.42 Å². The smallest absolute Gasteiger partial charge is 0.321 e. The van der Waals surface area contributed by atoms with Crippen molar-refractivity contribution in [3.05, 3.63) is 23.5 Å². The molecule has 1 aliphatic heterocycles. The van der Waals surface area contributed by atoms with Crippen LogP contribution in [0.2, 0.25) is 0 Å². The number of carbonyl (C=O) groups excluding carboxylic acids is 4. The first kappa shape index (κ1) is 26.9. The van der Waals surface area contributed by atoms with Gasteiger partial charge in [-0.25, -0.2) is 0 Å². The lowest BCUT2D eigenvalue weighted by Crippen LogP contribution is -2.75. The second-order valence-electron chi connectivity index (χ2n) is 12.8. The highest BCUT2D eigenvalue weighted by Crippen LogP contribution is 2.80. The lowest BCUT2D eigenvalue weighted by Gasteiger charge is -2.68. The van der Waals surface area contributed by atoms with E-state index in [2.05, 4.69) is 6.58 Å². The molecule has 5 rings (SSSR count). The van der Waals surface area contributed by atoms with E-state index in [-0.39, 0.29) is 29.7 Å². The number of aliphatic hydroxyl groups excluding tert-OH is 1. The van der Waals surface area contributed by atoms with Crippen LogP contribution in [0.15, 0.2) is 23.5 Å². The maximum absolute atomic E-state index is 14.4. The summed E-state index contributed by atoms with van der Waals surface area (Å²) in [5, 5.41) is 12.1. The van der Waals surface area contributed by atoms with Gasteiger partial charge < -0.3 is 24.1 Å². The number of hydrogen-bond acceptors (Lipinski definition) is 9. The normalized spacial score (nSPS) is 46.6. The topological polar surface area (TPSA) is 125 Å². The summed E-state index contributed by atoms with van der Waals surface area (Å²) in [4.78, 5) is 54.3. The molecule has 0 aromatic rings. The number of Topliss-reactive ketones (excluding diaryl/α,β-unsaturated/α-hetero) is 1. The first-order chi connectivity index (χ1) is 17.6.